The number of amides is 1. The van der Waals surface area contributed by atoms with Crippen molar-refractivity contribution in [2.75, 3.05) is 32.7 Å². The summed E-state index contributed by atoms with van der Waals surface area (Å²) < 4.78 is 0. The SMILES string of the molecule is Cc1nc(C(=O)N2CCC3(CCCN(CCc4ccccc4)C3)C2)cs1. The van der Waals surface area contributed by atoms with Crippen molar-refractivity contribution in [3.63, 3.8) is 0 Å². The zero-order chi connectivity index (χ0) is 18.0. The van der Waals surface area contributed by atoms with E-state index in [1.165, 1.54) is 24.9 Å². The monoisotopic (exact) mass is 369 g/mol. The Morgan fingerprint density at radius 3 is 2.81 bits per heavy atom. The Kier molecular flexibility index (Phi) is 5.09. The highest BCUT2D eigenvalue weighted by Crippen LogP contribution is 2.39. The molecule has 0 bridgehead atoms. The van der Waals surface area contributed by atoms with Gasteiger partial charge < -0.3 is 9.80 Å². The fourth-order valence-electron chi connectivity index (χ4n) is 4.50. The number of rotatable bonds is 4. The molecule has 1 aromatic carbocycles. The summed E-state index contributed by atoms with van der Waals surface area (Å²) in [6.07, 6.45) is 4.72. The fraction of sp³-hybridized carbons (Fsp3) is 0.524. The largest absolute Gasteiger partial charge is 0.337 e. The van der Waals surface area contributed by atoms with Gasteiger partial charge in [0.2, 0.25) is 0 Å². The van der Waals surface area contributed by atoms with Crippen LogP contribution in [-0.4, -0.2) is 53.4 Å². The van der Waals surface area contributed by atoms with Crippen LogP contribution in [0.1, 0.15) is 40.3 Å². The Morgan fingerprint density at radius 1 is 1.19 bits per heavy atom. The van der Waals surface area contributed by atoms with Crippen LogP contribution in [0, 0.1) is 12.3 Å². The molecule has 1 atom stereocenters. The third-order valence-corrected chi connectivity index (χ3v) is 6.64. The Labute approximate surface area is 159 Å². The predicted octanol–water partition coefficient (Wildman–Crippen LogP) is 3.62. The molecule has 2 aliphatic rings. The van der Waals surface area contributed by atoms with E-state index in [4.69, 9.17) is 0 Å². The molecule has 4 rings (SSSR count). The van der Waals surface area contributed by atoms with Crippen molar-refractivity contribution in [1.29, 1.82) is 0 Å². The van der Waals surface area contributed by atoms with E-state index >= 15 is 0 Å². The molecular weight excluding hydrogens is 342 g/mol. The summed E-state index contributed by atoms with van der Waals surface area (Å²) in [5.41, 5.74) is 2.32. The number of likely N-dealkylation sites (tertiary alicyclic amines) is 2. The number of aromatic nitrogens is 1. The van der Waals surface area contributed by atoms with Gasteiger partial charge in [0.25, 0.3) is 5.91 Å². The Morgan fingerprint density at radius 2 is 2.04 bits per heavy atom. The second-order valence-electron chi connectivity index (χ2n) is 7.84. The molecule has 1 spiro atoms. The summed E-state index contributed by atoms with van der Waals surface area (Å²) >= 11 is 1.56. The van der Waals surface area contributed by atoms with Gasteiger partial charge in [-0.2, -0.15) is 0 Å². The van der Waals surface area contributed by atoms with Gasteiger partial charge in [-0.3, -0.25) is 4.79 Å². The first-order valence-corrected chi connectivity index (χ1v) is 10.5. The summed E-state index contributed by atoms with van der Waals surface area (Å²) in [7, 11) is 0. The molecule has 2 saturated heterocycles. The fourth-order valence-corrected chi connectivity index (χ4v) is 5.08. The number of carbonyl (C=O) groups is 1. The van der Waals surface area contributed by atoms with Crippen molar-refractivity contribution in [2.45, 2.75) is 32.6 Å². The maximum Gasteiger partial charge on any atom is 0.273 e. The van der Waals surface area contributed by atoms with Gasteiger partial charge in [-0.1, -0.05) is 30.3 Å². The van der Waals surface area contributed by atoms with E-state index in [9.17, 15) is 4.79 Å². The average molecular weight is 370 g/mol. The minimum Gasteiger partial charge on any atom is -0.337 e. The van der Waals surface area contributed by atoms with Crippen molar-refractivity contribution in [3.8, 4) is 0 Å². The van der Waals surface area contributed by atoms with E-state index in [1.807, 2.05) is 17.2 Å². The molecule has 0 N–H and O–H groups in total. The predicted molar refractivity (Wildman–Crippen MR) is 106 cm³/mol. The van der Waals surface area contributed by atoms with E-state index < -0.39 is 0 Å². The number of benzene rings is 1. The minimum atomic E-state index is 0.118. The highest BCUT2D eigenvalue weighted by Gasteiger charge is 2.43. The average Bonchev–Trinajstić information content (AvgIpc) is 3.27. The molecule has 3 heterocycles. The first-order valence-electron chi connectivity index (χ1n) is 9.61. The lowest BCUT2D eigenvalue weighted by Gasteiger charge is -2.40. The van der Waals surface area contributed by atoms with Gasteiger partial charge in [-0.15, -0.1) is 11.3 Å². The molecule has 1 amide bonds. The summed E-state index contributed by atoms with van der Waals surface area (Å²) in [6.45, 7) is 7.16. The molecule has 2 fully saturated rings. The molecule has 2 aromatic rings. The third-order valence-electron chi connectivity index (χ3n) is 5.86. The number of thiazole rings is 1. The van der Waals surface area contributed by atoms with Gasteiger partial charge in [-0.05, 0) is 44.7 Å². The normalized spacial score (nSPS) is 23.7. The zero-order valence-electron chi connectivity index (χ0n) is 15.5. The van der Waals surface area contributed by atoms with Crippen LogP contribution in [0.4, 0.5) is 0 Å². The minimum absolute atomic E-state index is 0.118. The number of hydrogen-bond acceptors (Lipinski definition) is 4. The van der Waals surface area contributed by atoms with E-state index in [-0.39, 0.29) is 11.3 Å². The molecule has 26 heavy (non-hydrogen) atoms. The number of piperidine rings is 1. The molecule has 4 nitrogen and oxygen atoms in total. The molecule has 0 aliphatic carbocycles. The Bertz CT molecular complexity index is 760. The number of nitrogens with zero attached hydrogens (tertiary/aromatic N) is 3. The van der Waals surface area contributed by atoms with Crippen molar-refractivity contribution in [2.24, 2.45) is 5.41 Å². The number of hydrogen-bond donors (Lipinski definition) is 0. The molecular formula is C21H27N3OS. The van der Waals surface area contributed by atoms with Crippen LogP contribution in [-0.2, 0) is 6.42 Å². The second kappa shape index (κ2) is 7.49. The van der Waals surface area contributed by atoms with Crippen molar-refractivity contribution in [3.05, 3.63) is 52.0 Å². The van der Waals surface area contributed by atoms with Crippen LogP contribution in [0.3, 0.4) is 0 Å². The van der Waals surface area contributed by atoms with Crippen LogP contribution in [0.5, 0.6) is 0 Å². The first kappa shape index (κ1) is 17.7. The molecule has 0 radical (unpaired) electrons. The number of aryl methyl sites for hydroxylation is 1. The maximum atomic E-state index is 12.7. The van der Waals surface area contributed by atoms with E-state index in [0.717, 1.165) is 44.0 Å². The van der Waals surface area contributed by atoms with Gasteiger partial charge in [0.15, 0.2) is 0 Å². The highest BCUT2D eigenvalue weighted by atomic mass is 32.1. The van der Waals surface area contributed by atoms with E-state index in [1.54, 1.807) is 11.3 Å². The van der Waals surface area contributed by atoms with Crippen LogP contribution >= 0.6 is 11.3 Å². The maximum absolute atomic E-state index is 12.7. The summed E-state index contributed by atoms with van der Waals surface area (Å²) in [4.78, 5) is 21.8. The molecule has 1 aromatic heterocycles. The van der Waals surface area contributed by atoms with Crippen molar-refractivity contribution >= 4 is 17.2 Å². The van der Waals surface area contributed by atoms with Crippen LogP contribution < -0.4 is 0 Å². The quantitative estimate of drug-likeness (QED) is 0.826. The molecule has 5 heteroatoms. The topological polar surface area (TPSA) is 36.4 Å². The van der Waals surface area contributed by atoms with Crippen LogP contribution in [0.2, 0.25) is 0 Å². The van der Waals surface area contributed by atoms with Crippen molar-refractivity contribution in [1.82, 2.24) is 14.8 Å². The smallest absolute Gasteiger partial charge is 0.273 e. The van der Waals surface area contributed by atoms with E-state index in [2.05, 4.69) is 40.2 Å². The van der Waals surface area contributed by atoms with Gasteiger partial charge in [0, 0.05) is 37.0 Å². The third kappa shape index (κ3) is 3.84. The summed E-state index contributed by atoms with van der Waals surface area (Å²) in [5.74, 6) is 0.118. The lowest BCUT2D eigenvalue weighted by atomic mass is 9.79. The molecule has 0 saturated carbocycles. The lowest BCUT2D eigenvalue weighted by Crippen LogP contribution is -2.46. The summed E-state index contributed by atoms with van der Waals surface area (Å²) in [5, 5.41) is 2.86. The lowest BCUT2D eigenvalue weighted by molar-refractivity contribution is 0.0688. The van der Waals surface area contributed by atoms with Crippen molar-refractivity contribution < 1.29 is 4.79 Å². The second-order valence-corrected chi connectivity index (χ2v) is 8.91. The highest BCUT2D eigenvalue weighted by molar-refractivity contribution is 7.09. The Hall–Kier alpha value is -1.72. The molecule has 1 unspecified atom stereocenters. The standard InChI is InChI=1S/C21H27N3OS/c1-17-22-19(14-26-17)20(25)24-13-10-21(16-24)9-5-11-23(15-21)12-8-18-6-3-2-4-7-18/h2-4,6-7,14H,5,8-13,15-16H2,1H3. The van der Waals surface area contributed by atoms with Gasteiger partial charge in [0.05, 0.1) is 5.01 Å². The van der Waals surface area contributed by atoms with Gasteiger partial charge in [0.1, 0.15) is 5.69 Å². The van der Waals surface area contributed by atoms with Crippen LogP contribution in [0.15, 0.2) is 35.7 Å². The molecule has 138 valence electrons. The Balaban J connectivity index is 1.35. The molecule has 2 aliphatic heterocycles. The first-order chi connectivity index (χ1) is 12.6. The number of carbonyl (C=O) groups excluding carboxylic acids is 1. The zero-order valence-corrected chi connectivity index (χ0v) is 16.3. The van der Waals surface area contributed by atoms with Gasteiger partial charge in [-0.25, -0.2) is 4.98 Å². The van der Waals surface area contributed by atoms with Crippen LogP contribution in [0.25, 0.3) is 0 Å². The van der Waals surface area contributed by atoms with Gasteiger partial charge >= 0.3 is 0 Å². The summed E-state index contributed by atoms with van der Waals surface area (Å²) in [6, 6.07) is 10.7. The van der Waals surface area contributed by atoms with E-state index in [0.29, 0.717) is 5.69 Å².